The molecule has 0 unspecified atom stereocenters. The van der Waals surface area contributed by atoms with E-state index >= 15 is 0 Å². The summed E-state index contributed by atoms with van der Waals surface area (Å²) in [6.07, 6.45) is 0. The van der Waals surface area contributed by atoms with Gasteiger partial charge in [0.05, 0.1) is 0 Å². The van der Waals surface area contributed by atoms with Gasteiger partial charge >= 0.3 is 0 Å². The molecule has 4 aliphatic heterocycles. The van der Waals surface area contributed by atoms with Crippen molar-refractivity contribution in [3.05, 3.63) is 275 Å². The van der Waals surface area contributed by atoms with E-state index in [9.17, 15) is 0 Å². The van der Waals surface area contributed by atoms with Crippen LogP contribution in [0.1, 0.15) is 44.5 Å². The van der Waals surface area contributed by atoms with Crippen LogP contribution in [0.5, 0.6) is 0 Å². The number of fused-ring (bicyclic) bond motifs is 9. The lowest BCUT2D eigenvalue weighted by atomic mass is 9.33. The van der Waals surface area contributed by atoms with Crippen LogP contribution in [0, 0.1) is 55.4 Å². The zero-order chi connectivity index (χ0) is 56.8. The molecule has 400 valence electrons. The van der Waals surface area contributed by atoms with Gasteiger partial charge < -0.3 is 19.6 Å². The van der Waals surface area contributed by atoms with E-state index in [0.29, 0.717) is 0 Å². The zero-order valence-electron chi connectivity index (χ0n) is 48.9. The number of nitrogens with zero attached hydrogens (tertiary/aromatic N) is 4. The first-order valence-electron chi connectivity index (χ1n) is 29.7. The average Bonchev–Trinajstić information content (AvgIpc) is 1.26. The molecule has 0 saturated carbocycles. The van der Waals surface area contributed by atoms with Crippen molar-refractivity contribution in [3.8, 4) is 22.3 Å². The summed E-state index contributed by atoms with van der Waals surface area (Å²) in [6.45, 7) is 18.1. The van der Waals surface area contributed by atoms with Crippen LogP contribution < -0.4 is 52.4 Å². The van der Waals surface area contributed by atoms with Crippen LogP contribution in [0.3, 0.4) is 0 Å². The quantitative estimate of drug-likeness (QED) is 0.154. The van der Waals surface area contributed by atoms with Gasteiger partial charge in [-0.1, -0.05) is 156 Å². The maximum Gasteiger partial charge on any atom is 0.252 e. The van der Waals surface area contributed by atoms with Crippen molar-refractivity contribution in [3.63, 3.8) is 0 Å². The van der Waals surface area contributed by atoms with Gasteiger partial charge in [-0.2, -0.15) is 0 Å². The highest BCUT2D eigenvalue weighted by Crippen LogP contribution is 2.48. The molecule has 0 bridgehead atoms. The van der Waals surface area contributed by atoms with E-state index in [1.54, 1.807) is 0 Å². The lowest BCUT2D eigenvalue weighted by molar-refractivity contribution is 1.23. The molecule has 0 atom stereocenters. The molecular formula is C78H62B2N4. The third kappa shape index (κ3) is 7.56. The van der Waals surface area contributed by atoms with Gasteiger partial charge in [-0.25, -0.2) is 0 Å². The first-order chi connectivity index (χ1) is 40.9. The van der Waals surface area contributed by atoms with Crippen LogP contribution in [-0.4, -0.2) is 13.4 Å². The molecule has 12 aromatic carbocycles. The van der Waals surface area contributed by atoms with Gasteiger partial charge in [-0.15, -0.1) is 0 Å². The van der Waals surface area contributed by atoms with Gasteiger partial charge in [0.15, 0.2) is 0 Å². The van der Waals surface area contributed by atoms with Crippen LogP contribution in [0.2, 0.25) is 0 Å². The maximum atomic E-state index is 2.53. The molecule has 6 heteroatoms. The Hall–Kier alpha value is -9.77. The van der Waals surface area contributed by atoms with Gasteiger partial charge in [-0.3, -0.25) is 0 Å². The summed E-state index contributed by atoms with van der Waals surface area (Å²) in [7, 11) is 0. The Kier molecular flexibility index (Phi) is 11.2. The van der Waals surface area contributed by atoms with Crippen LogP contribution in [0.4, 0.5) is 68.2 Å². The van der Waals surface area contributed by atoms with Crippen molar-refractivity contribution in [2.45, 2.75) is 55.4 Å². The smallest absolute Gasteiger partial charge is 0.252 e. The Bertz CT molecular complexity index is 4730. The molecular weight excluding hydrogens is 1010 g/mol. The van der Waals surface area contributed by atoms with E-state index in [1.807, 2.05) is 0 Å². The van der Waals surface area contributed by atoms with Crippen LogP contribution in [-0.2, 0) is 0 Å². The highest BCUT2D eigenvalue weighted by molar-refractivity contribution is 7.01. The Labute approximate surface area is 494 Å². The van der Waals surface area contributed by atoms with E-state index in [0.717, 1.165) is 11.4 Å². The Morgan fingerprint density at radius 3 is 1.07 bits per heavy atom. The minimum absolute atomic E-state index is 0.0893. The molecule has 84 heavy (non-hydrogen) atoms. The summed E-state index contributed by atoms with van der Waals surface area (Å²) in [5.41, 5.74) is 37.6. The first-order valence-corrected chi connectivity index (χ1v) is 29.7. The fraction of sp³-hybridized carbons (Fsp3) is 0.103. The molecule has 0 spiro atoms. The van der Waals surface area contributed by atoms with Crippen molar-refractivity contribution in [2.24, 2.45) is 0 Å². The molecule has 0 N–H and O–H groups in total. The summed E-state index contributed by atoms with van der Waals surface area (Å²) in [5, 5.41) is 2.56. The molecule has 0 saturated heterocycles. The van der Waals surface area contributed by atoms with Crippen molar-refractivity contribution in [1.82, 2.24) is 0 Å². The summed E-state index contributed by atoms with van der Waals surface area (Å²) < 4.78 is 0. The summed E-state index contributed by atoms with van der Waals surface area (Å²) in [6, 6.07) is 87.8. The van der Waals surface area contributed by atoms with Gasteiger partial charge in [0, 0.05) is 68.2 Å². The zero-order valence-corrected chi connectivity index (χ0v) is 48.9. The molecule has 4 heterocycles. The third-order valence-corrected chi connectivity index (χ3v) is 18.7. The Morgan fingerprint density at radius 1 is 0.238 bits per heavy atom. The number of hydrogen-bond acceptors (Lipinski definition) is 4. The van der Waals surface area contributed by atoms with Crippen molar-refractivity contribution >= 4 is 125 Å². The van der Waals surface area contributed by atoms with Gasteiger partial charge in [-0.05, 0) is 241 Å². The minimum atomic E-state index is 0.0893. The number of benzene rings is 12. The average molecular weight is 1080 g/mol. The molecule has 0 radical (unpaired) electrons. The number of para-hydroxylation sites is 2. The topological polar surface area (TPSA) is 13.0 Å². The van der Waals surface area contributed by atoms with Gasteiger partial charge in [0.2, 0.25) is 0 Å². The number of anilines is 12. The van der Waals surface area contributed by atoms with Crippen LogP contribution in [0.15, 0.2) is 231 Å². The maximum absolute atomic E-state index is 2.53. The van der Waals surface area contributed by atoms with E-state index in [4.69, 9.17) is 0 Å². The fourth-order valence-corrected chi connectivity index (χ4v) is 14.9. The lowest BCUT2D eigenvalue weighted by Gasteiger charge is -2.44. The van der Waals surface area contributed by atoms with Gasteiger partial charge in [0.1, 0.15) is 0 Å². The SMILES string of the molecule is Cc1ccc(N2c3ccc(C)cc3B3c4ccccc4N(c4ccc(-c5ccc6c(C)c(-c7cccc(N8c9ccccc9B9c%10cc(C)ccc%10N(c%10ccc(C)cc%10)c%10cc(C)cc8c%109)c7)ccc6c5C)cc4)c4cc(C)cc2c43)cc1. The minimum Gasteiger partial charge on any atom is -0.311 e. The number of aryl methyl sites for hydroxylation is 8. The fourth-order valence-electron chi connectivity index (χ4n) is 14.9. The normalized spacial score (nSPS) is 13.3. The molecule has 0 fully saturated rings. The van der Waals surface area contributed by atoms with Crippen LogP contribution in [0.25, 0.3) is 33.0 Å². The molecule has 0 aliphatic carbocycles. The second kappa shape index (κ2) is 18.9. The largest absolute Gasteiger partial charge is 0.311 e. The van der Waals surface area contributed by atoms with Gasteiger partial charge in [0.25, 0.3) is 13.4 Å². The van der Waals surface area contributed by atoms with E-state index in [1.165, 1.54) is 167 Å². The monoisotopic (exact) mass is 1080 g/mol. The predicted molar refractivity (Wildman–Crippen MR) is 361 cm³/mol. The number of rotatable bonds is 6. The molecule has 16 rings (SSSR count). The molecule has 0 amide bonds. The van der Waals surface area contributed by atoms with Crippen LogP contribution >= 0.6 is 0 Å². The second-order valence-corrected chi connectivity index (χ2v) is 24.2. The van der Waals surface area contributed by atoms with Crippen molar-refractivity contribution in [2.75, 3.05) is 19.6 Å². The molecule has 12 aromatic rings. The Morgan fingerprint density at radius 2 is 0.619 bits per heavy atom. The first kappa shape index (κ1) is 50.0. The number of hydrogen-bond donors (Lipinski definition) is 0. The van der Waals surface area contributed by atoms with E-state index < -0.39 is 0 Å². The summed E-state index contributed by atoms with van der Waals surface area (Å²) in [4.78, 5) is 10.0. The molecule has 4 nitrogen and oxygen atoms in total. The van der Waals surface area contributed by atoms with Crippen molar-refractivity contribution in [1.29, 1.82) is 0 Å². The molecule has 4 aliphatic rings. The standard InChI is InChI=1S/C78H62B2N4/c1-47-20-28-57(29-21-47)82-71-38-24-49(3)40-67(71)79-65-16-9-11-18-69(65)81(73-42-51(5)43-74(82)77(73)79)59-32-26-55(27-33-59)61-34-36-64-54(8)62(35-37-63(64)53(61)7)56-14-13-15-60(46-56)84-70-19-12-10-17-66(70)80-68-41-50(4)25-39-72(68)83(58-30-22-48(2)23-31-58)75-44-52(6)45-76(84)78(75)80/h9-46H,1-8H3. The second-order valence-electron chi connectivity index (χ2n) is 24.2. The third-order valence-electron chi connectivity index (χ3n) is 18.7. The summed E-state index contributed by atoms with van der Waals surface area (Å²) in [5.74, 6) is 0. The van der Waals surface area contributed by atoms with E-state index in [2.05, 4.69) is 306 Å². The molecule has 0 aromatic heterocycles. The van der Waals surface area contributed by atoms with E-state index in [-0.39, 0.29) is 13.4 Å². The van der Waals surface area contributed by atoms with Crippen molar-refractivity contribution < 1.29 is 0 Å². The Balaban J connectivity index is 0.761. The summed E-state index contributed by atoms with van der Waals surface area (Å²) >= 11 is 0. The predicted octanol–water partition coefficient (Wildman–Crippen LogP) is 16.8. The highest BCUT2D eigenvalue weighted by Gasteiger charge is 2.45. The lowest BCUT2D eigenvalue weighted by Crippen LogP contribution is -2.61. The highest BCUT2D eigenvalue weighted by atomic mass is 15.2.